The largest absolute Gasteiger partial charge is 0.497 e. The van der Waals surface area contributed by atoms with Crippen molar-refractivity contribution in [1.82, 2.24) is 5.43 Å². The van der Waals surface area contributed by atoms with Gasteiger partial charge in [-0.2, -0.15) is 5.10 Å². The Morgan fingerprint density at radius 3 is 2.45 bits per heavy atom. The zero-order valence-corrected chi connectivity index (χ0v) is 13.8. The predicted octanol–water partition coefficient (Wildman–Crippen LogP) is 3.63. The van der Waals surface area contributed by atoms with E-state index in [0.717, 1.165) is 17.9 Å². The number of hydrogen-bond acceptors (Lipinski definition) is 3. The van der Waals surface area contributed by atoms with E-state index in [2.05, 4.69) is 31.3 Å². The molecule has 2 saturated carbocycles. The highest BCUT2D eigenvalue weighted by Gasteiger charge is 2.59. The summed E-state index contributed by atoms with van der Waals surface area (Å²) in [5, 5.41) is 4.48. The highest BCUT2D eigenvalue weighted by Crippen LogP contribution is 2.63. The average molecular weight is 300 g/mol. The van der Waals surface area contributed by atoms with Crippen molar-refractivity contribution < 1.29 is 9.53 Å². The third-order valence-electron chi connectivity index (χ3n) is 6.16. The zero-order valence-electron chi connectivity index (χ0n) is 13.8. The number of hydrogen-bond donors (Lipinski definition) is 1. The van der Waals surface area contributed by atoms with Crippen LogP contribution in [0.25, 0.3) is 0 Å². The van der Waals surface area contributed by atoms with Crippen LogP contribution in [0.5, 0.6) is 5.75 Å². The molecule has 0 aliphatic heterocycles. The van der Waals surface area contributed by atoms with Crippen LogP contribution < -0.4 is 10.2 Å². The van der Waals surface area contributed by atoms with E-state index in [0.29, 0.717) is 11.5 Å². The maximum absolute atomic E-state index is 12.2. The molecule has 2 fully saturated rings. The molecule has 0 heterocycles. The van der Waals surface area contributed by atoms with Crippen molar-refractivity contribution in [2.75, 3.05) is 7.11 Å². The lowest BCUT2D eigenvalue weighted by Crippen LogP contribution is -2.34. The number of methoxy groups -OCH3 is 1. The number of fused-ring (bicyclic) bond motifs is 2. The average Bonchev–Trinajstić information content (AvgIpc) is 2.85. The van der Waals surface area contributed by atoms with Crippen molar-refractivity contribution in [3.8, 4) is 5.75 Å². The fraction of sp³-hybridized carbons (Fsp3) is 0.556. The second-order valence-electron chi connectivity index (χ2n) is 7.22. The molecular formula is C18H24N2O2. The van der Waals surface area contributed by atoms with Crippen molar-refractivity contribution in [3.63, 3.8) is 0 Å². The number of carbonyl (C=O) groups is 1. The molecule has 118 valence electrons. The minimum atomic E-state index is -0.167. The van der Waals surface area contributed by atoms with E-state index in [4.69, 9.17) is 4.74 Å². The zero-order chi connectivity index (χ0) is 16.0. The van der Waals surface area contributed by atoms with Crippen LogP contribution in [0.3, 0.4) is 0 Å². The lowest BCUT2D eigenvalue weighted by molar-refractivity contribution is 0.0954. The van der Waals surface area contributed by atoms with E-state index in [1.54, 1.807) is 31.4 Å². The highest BCUT2D eigenvalue weighted by atomic mass is 16.5. The van der Waals surface area contributed by atoms with Gasteiger partial charge in [-0.1, -0.05) is 20.8 Å². The molecule has 2 bridgehead atoms. The molecule has 2 aliphatic rings. The lowest BCUT2D eigenvalue weighted by Gasteiger charge is -2.34. The number of ether oxygens (including phenoxy) is 1. The molecule has 1 N–H and O–H groups in total. The third kappa shape index (κ3) is 2.13. The van der Waals surface area contributed by atoms with Crippen LogP contribution in [0.2, 0.25) is 0 Å². The number of rotatable bonds is 3. The topological polar surface area (TPSA) is 50.7 Å². The Hall–Kier alpha value is -1.84. The maximum atomic E-state index is 12.2. The number of nitrogens with zero attached hydrogens (tertiary/aromatic N) is 1. The Kier molecular flexibility index (Phi) is 3.50. The van der Waals surface area contributed by atoms with E-state index in [-0.39, 0.29) is 16.7 Å². The normalized spacial score (nSPS) is 30.5. The number of carbonyl (C=O) groups excluding carboxylic acids is 1. The van der Waals surface area contributed by atoms with Crippen LogP contribution in [0.1, 0.15) is 50.4 Å². The SMILES string of the molecule is COc1ccc(C(=O)N/N=C2/C[C@H]3CC[C@]2(C)C3(C)C)cc1. The van der Waals surface area contributed by atoms with Crippen molar-refractivity contribution in [1.29, 1.82) is 0 Å². The molecule has 2 atom stereocenters. The van der Waals surface area contributed by atoms with Crippen LogP contribution in [0, 0.1) is 16.7 Å². The van der Waals surface area contributed by atoms with Gasteiger partial charge in [0.15, 0.2) is 0 Å². The molecule has 3 rings (SSSR count). The summed E-state index contributed by atoms with van der Waals surface area (Å²) in [4.78, 5) is 12.2. The minimum Gasteiger partial charge on any atom is -0.497 e. The number of amides is 1. The number of hydrazone groups is 1. The molecule has 4 nitrogen and oxygen atoms in total. The molecular weight excluding hydrogens is 276 g/mol. The molecule has 0 unspecified atom stereocenters. The summed E-state index contributed by atoms with van der Waals surface area (Å²) in [5.41, 5.74) is 4.87. The highest BCUT2D eigenvalue weighted by molar-refractivity contribution is 5.98. The first kappa shape index (κ1) is 15.1. The fourth-order valence-electron chi connectivity index (χ4n) is 4.02. The summed E-state index contributed by atoms with van der Waals surface area (Å²) < 4.78 is 5.10. The van der Waals surface area contributed by atoms with Gasteiger partial charge in [0.1, 0.15) is 5.75 Å². The van der Waals surface area contributed by atoms with Crippen molar-refractivity contribution in [2.45, 2.75) is 40.0 Å². The molecule has 0 spiro atoms. The van der Waals surface area contributed by atoms with Gasteiger partial charge in [0.2, 0.25) is 0 Å². The monoisotopic (exact) mass is 300 g/mol. The van der Waals surface area contributed by atoms with Gasteiger partial charge in [-0.25, -0.2) is 5.43 Å². The maximum Gasteiger partial charge on any atom is 0.271 e. The van der Waals surface area contributed by atoms with Gasteiger partial charge in [-0.15, -0.1) is 0 Å². The Morgan fingerprint density at radius 1 is 1.27 bits per heavy atom. The Labute approximate surface area is 131 Å². The van der Waals surface area contributed by atoms with Gasteiger partial charge in [0.25, 0.3) is 5.91 Å². The van der Waals surface area contributed by atoms with Crippen LogP contribution >= 0.6 is 0 Å². The quantitative estimate of drug-likeness (QED) is 0.867. The molecule has 2 aliphatic carbocycles. The smallest absolute Gasteiger partial charge is 0.271 e. The van der Waals surface area contributed by atoms with Gasteiger partial charge >= 0.3 is 0 Å². The first-order valence-corrected chi connectivity index (χ1v) is 7.90. The third-order valence-corrected chi connectivity index (χ3v) is 6.16. The molecule has 1 aromatic carbocycles. The van der Waals surface area contributed by atoms with Crippen LogP contribution in [0.4, 0.5) is 0 Å². The minimum absolute atomic E-state index is 0.116. The molecule has 0 radical (unpaired) electrons. The molecule has 4 heteroatoms. The lowest BCUT2D eigenvalue weighted by atomic mass is 9.70. The number of nitrogens with one attached hydrogen (secondary N) is 1. The molecule has 1 amide bonds. The van der Waals surface area contributed by atoms with Gasteiger partial charge < -0.3 is 4.74 Å². The van der Waals surface area contributed by atoms with Gasteiger partial charge in [-0.05, 0) is 54.9 Å². The van der Waals surface area contributed by atoms with Crippen LogP contribution in [0.15, 0.2) is 29.4 Å². The standard InChI is InChI=1S/C18H24N2O2/c1-17(2)13-9-10-18(17,3)15(11-13)19-20-16(21)12-5-7-14(22-4)8-6-12/h5-8,13H,9-11H2,1-4H3,(H,20,21)/b19-15-/t13-,18+/m1/s1. The van der Waals surface area contributed by atoms with Crippen molar-refractivity contribution in [2.24, 2.45) is 21.8 Å². The summed E-state index contributed by atoms with van der Waals surface area (Å²) in [6, 6.07) is 7.07. The Balaban J connectivity index is 1.73. The molecule has 0 aromatic heterocycles. The molecule has 22 heavy (non-hydrogen) atoms. The van der Waals surface area contributed by atoms with Crippen LogP contribution in [-0.4, -0.2) is 18.7 Å². The van der Waals surface area contributed by atoms with Gasteiger partial charge in [0.05, 0.1) is 7.11 Å². The summed E-state index contributed by atoms with van der Waals surface area (Å²) in [6.07, 6.45) is 3.45. The second-order valence-corrected chi connectivity index (χ2v) is 7.22. The predicted molar refractivity (Wildman–Crippen MR) is 87.1 cm³/mol. The van der Waals surface area contributed by atoms with Crippen molar-refractivity contribution >= 4 is 11.6 Å². The molecule has 1 aromatic rings. The molecule has 0 saturated heterocycles. The number of benzene rings is 1. The van der Waals surface area contributed by atoms with E-state index in [1.165, 1.54) is 12.8 Å². The van der Waals surface area contributed by atoms with E-state index < -0.39 is 0 Å². The Bertz CT molecular complexity index is 618. The second kappa shape index (κ2) is 5.11. The summed E-state index contributed by atoms with van der Waals surface area (Å²) in [5.74, 6) is 1.26. The van der Waals surface area contributed by atoms with Crippen molar-refractivity contribution in [3.05, 3.63) is 29.8 Å². The van der Waals surface area contributed by atoms with E-state index in [9.17, 15) is 4.79 Å². The van der Waals surface area contributed by atoms with E-state index >= 15 is 0 Å². The van der Waals surface area contributed by atoms with Gasteiger partial charge in [-0.3, -0.25) is 4.79 Å². The van der Waals surface area contributed by atoms with Crippen LogP contribution in [-0.2, 0) is 0 Å². The first-order chi connectivity index (χ1) is 10.4. The van der Waals surface area contributed by atoms with E-state index in [1.807, 2.05) is 0 Å². The summed E-state index contributed by atoms with van der Waals surface area (Å²) in [6.45, 7) is 6.95. The summed E-state index contributed by atoms with van der Waals surface area (Å²) in [7, 11) is 1.61. The fourth-order valence-corrected chi connectivity index (χ4v) is 4.02. The Morgan fingerprint density at radius 2 is 1.95 bits per heavy atom. The van der Waals surface area contributed by atoms with Gasteiger partial charge in [0, 0.05) is 16.7 Å². The summed E-state index contributed by atoms with van der Waals surface area (Å²) >= 11 is 0. The first-order valence-electron chi connectivity index (χ1n) is 7.90.